The molecule has 0 aliphatic heterocycles. The molecule has 1 N–H and O–H groups in total. The van der Waals surface area contributed by atoms with Gasteiger partial charge in [-0.25, -0.2) is 0 Å². The van der Waals surface area contributed by atoms with Crippen molar-refractivity contribution in [1.82, 2.24) is 0 Å². The molecule has 0 bridgehead atoms. The number of aliphatic hydroxyl groups is 1. The molecule has 16 heavy (non-hydrogen) atoms. The van der Waals surface area contributed by atoms with E-state index in [1.807, 2.05) is 0 Å². The van der Waals surface area contributed by atoms with Gasteiger partial charge in [0.2, 0.25) is 0 Å². The molecule has 98 valence electrons. The molecule has 0 aliphatic rings. The van der Waals surface area contributed by atoms with Gasteiger partial charge in [-0.2, -0.15) is 0 Å². The van der Waals surface area contributed by atoms with Crippen LogP contribution in [-0.4, -0.2) is 11.2 Å². The largest absolute Gasteiger partial charge is 0.393 e. The maximum atomic E-state index is 10.5. The summed E-state index contributed by atoms with van der Waals surface area (Å²) in [5.41, 5.74) is 0.434. The van der Waals surface area contributed by atoms with Crippen molar-refractivity contribution in [1.29, 1.82) is 0 Å². The van der Waals surface area contributed by atoms with E-state index < -0.39 is 0 Å². The minimum atomic E-state index is -0.214. The van der Waals surface area contributed by atoms with E-state index in [9.17, 15) is 5.11 Å². The second-order valence-electron chi connectivity index (χ2n) is 7.66. The molecule has 1 heteroatoms. The van der Waals surface area contributed by atoms with Crippen molar-refractivity contribution in [2.75, 3.05) is 0 Å². The highest BCUT2D eigenvalue weighted by Gasteiger charge is 2.36. The van der Waals surface area contributed by atoms with Gasteiger partial charge in [0.25, 0.3) is 0 Å². The van der Waals surface area contributed by atoms with Crippen LogP contribution in [-0.2, 0) is 0 Å². The van der Waals surface area contributed by atoms with Gasteiger partial charge in [-0.3, -0.25) is 0 Å². The molecular weight excluding hydrogens is 196 g/mol. The first-order valence-corrected chi connectivity index (χ1v) is 6.57. The van der Waals surface area contributed by atoms with E-state index in [0.717, 1.165) is 0 Å². The van der Waals surface area contributed by atoms with Crippen LogP contribution in [0.2, 0.25) is 0 Å². The Morgan fingerprint density at radius 2 is 1.00 bits per heavy atom. The molecule has 0 aromatic heterocycles. The first kappa shape index (κ1) is 16.0. The monoisotopic (exact) mass is 228 g/mol. The van der Waals surface area contributed by atoms with Crippen LogP contribution in [0, 0.1) is 28.6 Å². The van der Waals surface area contributed by atoms with Crippen molar-refractivity contribution in [2.45, 2.75) is 68.4 Å². The average Bonchev–Trinajstić information content (AvgIpc) is 2.10. The Labute approximate surface area is 103 Å². The van der Waals surface area contributed by atoms with Crippen molar-refractivity contribution < 1.29 is 5.11 Å². The SMILES string of the molecule is CC(C(O)C(C)C(C)(C)C)C(C)C(C)(C)C. The third-order valence-corrected chi connectivity index (χ3v) is 4.57. The zero-order valence-corrected chi connectivity index (χ0v) is 12.8. The Hall–Kier alpha value is -0.0400. The fourth-order valence-electron chi connectivity index (χ4n) is 2.05. The van der Waals surface area contributed by atoms with E-state index in [1.54, 1.807) is 0 Å². The van der Waals surface area contributed by atoms with Gasteiger partial charge in [0.1, 0.15) is 0 Å². The zero-order valence-electron chi connectivity index (χ0n) is 12.8. The summed E-state index contributed by atoms with van der Waals surface area (Å²) < 4.78 is 0. The quantitative estimate of drug-likeness (QED) is 0.761. The molecule has 0 saturated heterocycles. The number of hydrogen-bond donors (Lipinski definition) is 1. The first-order chi connectivity index (χ1) is 6.89. The molecule has 0 aromatic carbocycles. The van der Waals surface area contributed by atoms with E-state index in [4.69, 9.17) is 0 Å². The lowest BCUT2D eigenvalue weighted by Gasteiger charge is -2.40. The highest BCUT2D eigenvalue weighted by atomic mass is 16.3. The van der Waals surface area contributed by atoms with Gasteiger partial charge in [-0.05, 0) is 28.6 Å². The Bertz CT molecular complexity index is 182. The molecule has 0 rings (SSSR count). The summed E-state index contributed by atoms with van der Waals surface area (Å²) in [5, 5.41) is 10.5. The molecular formula is C15H32O. The highest BCUT2D eigenvalue weighted by Crippen LogP contribution is 2.38. The fourth-order valence-corrected chi connectivity index (χ4v) is 2.05. The molecule has 0 radical (unpaired) electrons. The average molecular weight is 228 g/mol. The van der Waals surface area contributed by atoms with Crippen molar-refractivity contribution in [2.24, 2.45) is 28.6 Å². The van der Waals surface area contributed by atoms with Crippen LogP contribution in [0.25, 0.3) is 0 Å². The lowest BCUT2D eigenvalue weighted by Crippen LogP contribution is -2.39. The van der Waals surface area contributed by atoms with Gasteiger partial charge in [0.15, 0.2) is 0 Å². The second kappa shape index (κ2) is 5.08. The predicted octanol–water partition coefficient (Wildman–Crippen LogP) is 4.35. The smallest absolute Gasteiger partial charge is 0.0599 e. The lowest BCUT2D eigenvalue weighted by atomic mass is 9.67. The molecule has 0 saturated carbocycles. The zero-order chi connectivity index (χ0) is 13.3. The minimum absolute atomic E-state index is 0.172. The summed E-state index contributed by atoms with van der Waals surface area (Å²) in [4.78, 5) is 0. The van der Waals surface area contributed by atoms with Gasteiger partial charge in [0, 0.05) is 0 Å². The van der Waals surface area contributed by atoms with Crippen LogP contribution in [0.5, 0.6) is 0 Å². The van der Waals surface area contributed by atoms with E-state index >= 15 is 0 Å². The Kier molecular flexibility index (Phi) is 5.07. The second-order valence-corrected chi connectivity index (χ2v) is 7.66. The summed E-state index contributed by atoms with van der Waals surface area (Å²) >= 11 is 0. The van der Waals surface area contributed by atoms with Crippen LogP contribution < -0.4 is 0 Å². The van der Waals surface area contributed by atoms with Gasteiger partial charge in [-0.1, -0.05) is 62.3 Å². The molecule has 0 aliphatic carbocycles. The summed E-state index contributed by atoms with van der Waals surface area (Å²) in [6, 6.07) is 0. The van der Waals surface area contributed by atoms with Crippen molar-refractivity contribution in [3.05, 3.63) is 0 Å². The molecule has 4 atom stereocenters. The molecule has 0 fully saturated rings. The normalized spacial score (nSPS) is 21.4. The molecule has 0 aromatic rings. The maximum absolute atomic E-state index is 10.5. The molecule has 0 heterocycles. The molecule has 1 nitrogen and oxygen atoms in total. The topological polar surface area (TPSA) is 20.2 Å². The maximum Gasteiger partial charge on any atom is 0.0599 e. The third-order valence-electron chi connectivity index (χ3n) is 4.57. The molecule has 0 amide bonds. The standard InChI is InChI=1S/C15H32O/c1-10(11(2)14(4,5)6)13(16)12(3)15(7,8)9/h10-13,16H,1-9H3. The van der Waals surface area contributed by atoms with Gasteiger partial charge in [-0.15, -0.1) is 0 Å². The summed E-state index contributed by atoms with van der Waals surface area (Å²) in [6.07, 6.45) is -0.214. The number of hydrogen-bond acceptors (Lipinski definition) is 1. The van der Waals surface area contributed by atoms with Crippen molar-refractivity contribution in [3.63, 3.8) is 0 Å². The minimum Gasteiger partial charge on any atom is -0.393 e. The van der Waals surface area contributed by atoms with E-state index in [-0.39, 0.29) is 16.9 Å². The van der Waals surface area contributed by atoms with Gasteiger partial charge < -0.3 is 5.11 Å². The van der Waals surface area contributed by atoms with E-state index in [2.05, 4.69) is 62.3 Å². The summed E-state index contributed by atoms with van der Waals surface area (Å²) in [6.45, 7) is 20.0. The Morgan fingerprint density at radius 1 is 0.688 bits per heavy atom. The third kappa shape index (κ3) is 4.08. The van der Waals surface area contributed by atoms with Crippen molar-refractivity contribution >= 4 is 0 Å². The van der Waals surface area contributed by atoms with Gasteiger partial charge in [0.05, 0.1) is 6.10 Å². The van der Waals surface area contributed by atoms with E-state index in [0.29, 0.717) is 17.8 Å². The number of rotatable bonds is 3. The van der Waals surface area contributed by atoms with Crippen LogP contribution >= 0.6 is 0 Å². The van der Waals surface area contributed by atoms with Crippen LogP contribution in [0.4, 0.5) is 0 Å². The Morgan fingerprint density at radius 3 is 1.25 bits per heavy atom. The van der Waals surface area contributed by atoms with Gasteiger partial charge >= 0.3 is 0 Å². The van der Waals surface area contributed by atoms with Crippen LogP contribution in [0.1, 0.15) is 62.3 Å². The van der Waals surface area contributed by atoms with E-state index in [1.165, 1.54) is 0 Å². The summed E-state index contributed by atoms with van der Waals surface area (Å²) in [7, 11) is 0. The van der Waals surface area contributed by atoms with Crippen LogP contribution in [0.15, 0.2) is 0 Å². The summed E-state index contributed by atoms with van der Waals surface area (Å²) in [5.74, 6) is 1.19. The van der Waals surface area contributed by atoms with Crippen molar-refractivity contribution in [3.8, 4) is 0 Å². The number of aliphatic hydroxyl groups excluding tert-OH is 1. The predicted molar refractivity (Wildman–Crippen MR) is 72.4 cm³/mol. The van der Waals surface area contributed by atoms with Crippen LogP contribution in [0.3, 0.4) is 0 Å². The molecule has 0 spiro atoms. The lowest BCUT2D eigenvalue weighted by molar-refractivity contribution is -0.0215. The first-order valence-electron chi connectivity index (χ1n) is 6.57. The fraction of sp³-hybridized carbons (Fsp3) is 1.00. The highest BCUT2D eigenvalue weighted by molar-refractivity contribution is 4.85. The Balaban J connectivity index is 4.68. The molecule has 4 unspecified atom stereocenters.